The smallest absolute Gasteiger partial charge is 0.0654 e. The number of hydrogen-bond donors (Lipinski definition) is 0. The molecular formula is C16H27Mg. The van der Waals surface area contributed by atoms with Gasteiger partial charge >= 0.3 is 23.1 Å². The van der Waals surface area contributed by atoms with E-state index in [1.165, 1.54) is 63.4 Å². The lowest BCUT2D eigenvalue weighted by Gasteiger charge is -2.02. The summed E-state index contributed by atoms with van der Waals surface area (Å²) in [5, 5.41) is 0. The van der Waals surface area contributed by atoms with Crippen LogP contribution in [0.5, 0.6) is 0 Å². The molecule has 0 aliphatic heterocycles. The highest BCUT2D eigenvalue weighted by Gasteiger charge is 1.93. The molecule has 0 aromatic heterocycles. The first-order chi connectivity index (χ1) is 7.93. The maximum atomic E-state index is 3.06. The highest BCUT2D eigenvalue weighted by molar-refractivity contribution is 5.75. The largest absolute Gasteiger partial charge is 0.316 e. The minimum absolute atomic E-state index is 0. The average Bonchev–Trinajstić information content (AvgIpc) is 2.34. The quantitative estimate of drug-likeness (QED) is 0.449. The van der Waals surface area contributed by atoms with Gasteiger partial charge in [0, 0.05) is 0 Å². The molecule has 0 atom stereocenters. The van der Waals surface area contributed by atoms with E-state index in [9.17, 15) is 0 Å². The van der Waals surface area contributed by atoms with Gasteiger partial charge in [0.25, 0.3) is 0 Å². The Balaban J connectivity index is 0.00000256. The van der Waals surface area contributed by atoms with E-state index >= 15 is 0 Å². The Morgan fingerprint density at radius 1 is 0.824 bits per heavy atom. The van der Waals surface area contributed by atoms with Crippen molar-refractivity contribution in [2.75, 3.05) is 0 Å². The third-order valence-corrected chi connectivity index (χ3v) is 3.11. The minimum Gasteiger partial charge on any atom is -0.0654 e. The Labute approximate surface area is 123 Å². The van der Waals surface area contributed by atoms with Crippen molar-refractivity contribution in [3.05, 3.63) is 35.9 Å². The summed E-state index contributed by atoms with van der Waals surface area (Å²) in [6, 6.07) is 11.5. The summed E-state index contributed by atoms with van der Waals surface area (Å²) >= 11 is 0. The van der Waals surface area contributed by atoms with Crippen molar-refractivity contribution in [2.45, 2.75) is 64.7 Å². The van der Waals surface area contributed by atoms with Gasteiger partial charge in [-0.3, -0.25) is 0 Å². The summed E-state index contributed by atoms with van der Waals surface area (Å²) in [6.45, 7) is 2.28. The van der Waals surface area contributed by atoms with Crippen molar-refractivity contribution < 1.29 is 0 Å². The molecule has 1 heteroatoms. The second-order valence-corrected chi connectivity index (χ2v) is 4.63. The fourth-order valence-electron chi connectivity index (χ4n) is 2.05. The first-order valence-corrected chi connectivity index (χ1v) is 6.88. The molecule has 1 aromatic rings. The van der Waals surface area contributed by atoms with Gasteiger partial charge in [0.15, 0.2) is 0 Å². The van der Waals surface area contributed by atoms with Gasteiger partial charge in [0.05, 0.1) is 0 Å². The minimum atomic E-state index is 0. The summed E-state index contributed by atoms with van der Waals surface area (Å²) in [6.07, 6.45) is 12.5. The van der Waals surface area contributed by atoms with Crippen LogP contribution in [-0.4, -0.2) is 23.1 Å². The molecule has 1 radical (unpaired) electrons. The van der Waals surface area contributed by atoms with Crippen molar-refractivity contribution in [3.8, 4) is 0 Å². The third-order valence-electron chi connectivity index (χ3n) is 3.11. The molecule has 0 amide bonds. The van der Waals surface area contributed by atoms with E-state index in [2.05, 4.69) is 25.1 Å². The zero-order valence-corrected chi connectivity index (χ0v) is 10.7. The molecule has 1 rings (SSSR count). The van der Waals surface area contributed by atoms with Crippen LogP contribution in [0, 0.1) is 6.07 Å². The van der Waals surface area contributed by atoms with E-state index in [-0.39, 0.29) is 23.1 Å². The van der Waals surface area contributed by atoms with Crippen molar-refractivity contribution >= 4 is 23.1 Å². The standard InChI is InChI=1S/C16H25.Mg.2H/c1-2-3-4-5-6-7-8-10-13-16-14-11-9-12-15-16;;;/h11-12,14-15H,2-8,10,13H2,1H3;;;. The molecule has 0 N–H and O–H groups in total. The molecule has 0 fully saturated rings. The third kappa shape index (κ3) is 9.67. The van der Waals surface area contributed by atoms with Crippen molar-refractivity contribution in [1.29, 1.82) is 0 Å². The Hall–Kier alpha value is -0.0138. The van der Waals surface area contributed by atoms with E-state index in [4.69, 9.17) is 0 Å². The van der Waals surface area contributed by atoms with E-state index in [0.29, 0.717) is 0 Å². The molecule has 0 nitrogen and oxygen atoms in total. The average molecular weight is 244 g/mol. The van der Waals surface area contributed by atoms with Crippen LogP contribution in [-0.2, 0) is 6.42 Å². The molecule has 0 saturated carbocycles. The van der Waals surface area contributed by atoms with E-state index in [1.807, 2.05) is 12.1 Å². The zero-order valence-electron chi connectivity index (χ0n) is 10.7. The Kier molecular flexibility index (Phi) is 12.4. The van der Waals surface area contributed by atoms with Gasteiger partial charge in [0.2, 0.25) is 0 Å². The van der Waals surface area contributed by atoms with Crippen LogP contribution in [0.3, 0.4) is 0 Å². The van der Waals surface area contributed by atoms with Gasteiger partial charge in [-0.15, -0.1) is 0 Å². The second-order valence-electron chi connectivity index (χ2n) is 4.63. The predicted molar refractivity (Wildman–Crippen MR) is 80.1 cm³/mol. The SMILES string of the molecule is CCCCCCCCCCc1cc[c]cc1.[MgH2]. The zero-order chi connectivity index (χ0) is 11.5. The van der Waals surface area contributed by atoms with Gasteiger partial charge < -0.3 is 0 Å². The summed E-state index contributed by atoms with van der Waals surface area (Å²) in [4.78, 5) is 0. The van der Waals surface area contributed by atoms with Crippen molar-refractivity contribution in [1.82, 2.24) is 0 Å². The van der Waals surface area contributed by atoms with Crippen LogP contribution in [0.4, 0.5) is 0 Å². The summed E-state index contributed by atoms with van der Waals surface area (Å²) in [7, 11) is 0. The molecular weight excluding hydrogens is 216 g/mol. The van der Waals surface area contributed by atoms with Crippen molar-refractivity contribution in [3.63, 3.8) is 0 Å². The number of benzene rings is 1. The topological polar surface area (TPSA) is 0 Å². The van der Waals surface area contributed by atoms with Crippen LogP contribution in [0.15, 0.2) is 24.3 Å². The monoisotopic (exact) mass is 243 g/mol. The summed E-state index contributed by atoms with van der Waals surface area (Å²) < 4.78 is 0. The lowest BCUT2D eigenvalue weighted by Crippen LogP contribution is -1.85. The Bertz CT molecular complexity index is 243. The number of aryl methyl sites for hydroxylation is 1. The normalized spacial score (nSPS) is 9.94. The predicted octanol–water partition coefficient (Wildman–Crippen LogP) is 4.25. The molecule has 0 unspecified atom stereocenters. The maximum Gasteiger partial charge on any atom is 0.316 e. The summed E-state index contributed by atoms with van der Waals surface area (Å²) in [5.41, 5.74) is 1.46. The number of rotatable bonds is 9. The van der Waals surface area contributed by atoms with Crippen LogP contribution in [0.2, 0.25) is 0 Å². The molecule has 1 aromatic carbocycles. The van der Waals surface area contributed by atoms with Gasteiger partial charge in [-0.05, 0) is 24.5 Å². The Morgan fingerprint density at radius 3 is 1.94 bits per heavy atom. The van der Waals surface area contributed by atoms with Crippen LogP contribution < -0.4 is 0 Å². The molecule has 93 valence electrons. The Morgan fingerprint density at radius 2 is 1.35 bits per heavy atom. The maximum absolute atomic E-state index is 3.06. The highest BCUT2D eigenvalue weighted by Crippen LogP contribution is 2.10. The van der Waals surface area contributed by atoms with E-state index < -0.39 is 0 Å². The molecule has 0 heterocycles. The van der Waals surface area contributed by atoms with Crippen LogP contribution >= 0.6 is 0 Å². The highest BCUT2D eigenvalue weighted by atomic mass is 24.3. The lowest BCUT2D eigenvalue weighted by molar-refractivity contribution is 0.575. The van der Waals surface area contributed by atoms with Crippen LogP contribution in [0.1, 0.15) is 63.9 Å². The fraction of sp³-hybridized carbons (Fsp3) is 0.625. The summed E-state index contributed by atoms with van der Waals surface area (Å²) in [5.74, 6) is 0. The molecule has 0 spiro atoms. The lowest BCUT2D eigenvalue weighted by atomic mass is 10.0. The molecule has 0 aliphatic carbocycles. The first kappa shape index (κ1) is 17.0. The molecule has 0 aliphatic rings. The van der Waals surface area contributed by atoms with E-state index in [1.54, 1.807) is 0 Å². The van der Waals surface area contributed by atoms with Gasteiger partial charge in [0.1, 0.15) is 0 Å². The van der Waals surface area contributed by atoms with Gasteiger partial charge in [-0.25, -0.2) is 0 Å². The number of hydrogen-bond acceptors (Lipinski definition) is 0. The van der Waals surface area contributed by atoms with Crippen LogP contribution in [0.25, 0.3) is 0 Å². The first-order valence-electron chi connectivity index (χ1n) is 6.88. The van der Waals surface area contributed by atoms with E-state index in [0.717, 1.165) is 0 Å². The molecule has 0 bridgehead atoms. The van der Waals surface area contributed by atoms with Crippen molar-refractivity contribution in [2.24, 2.45) is 0 Å². The van der Waals surface area contributed by atoms with Gasteiger partial charge in [-0.2, -0.15) is 0 Å². The molecule has 0 saturated heterocycles. The van der Waals surface area contributed by atoms with Gasteiger partial charge in [-0.1, -0.05) is 76.1 Å². The fourth-order valence-corrected chi connectivity index (χ4v) is 2.05. The second kappa shape index (κ2) is 12.4. The number of unbranched alkanes of at least 4 members (excludes halogenated alkanes) is 7. The molecule has 17 heavy (non-hydrogen) atoms.